The summed E-state index contributed by atoms with van der Waals surface area (Å²) in [6.07, 6.45) is 21.6. The molecular weight excluding hydrogens is 1280 g/mol. The zero-order chi connectivity index (χ0) is 66.3. The smallest absolute Gasteiger partial charge is 0.657 e. The van der Waals surface area contributed by atoms with Crippen molar-refractivity contribution in [2.45, 2.75) is 0 Å². The second-order valence-electron chi connectivity index (χ2n) is 25.0. The number of benzene rings is 8. The summed E-state index contributed by atoms with van der Waals surface area (Å²) >= 11 is 0. The average molecular weight is 1340 g/mol. The molecule has 8 nitrogen and oxygen atoms in total. The average Bonchev–Trinajstić information content (AvgIpc) is 1.60. The molecule has 478 valence electrons. The third-order valence-corrected chi connectivity index (χ3v) is 18.8. The molecule has 14 aromatic rings. The second kappa shape index (κ2) is 26.7. The molecule has 4 aliphatic heterocycles. The first-order valence-electron chi connectivity index (χ1n) is 33.7. The van der Waals surface area contributed by atoms with Crippen LogP contribution in [0.15, 0.2) is 315 Å². The molecule has 0 saturated heterocycles. The molecule has 0 spiro atoms. The van der Waals surface area contributed by atoms with Crippen LogP contribution in [0.3, 0.4) is 0 Å². The van der Waals surface area contributed by atoms with Gasteiger partial charge in [-0.05, 0) is 127 Å². The number of aromatic amines is 2. The normalized spacial score (nSPS) is 12.4. The van der Waals surface area contributed by atoms with Gasteiger partial charge in [0.1, 0.15) is 0 Å². The van der Waals surface area contributed by atoms with Crippen molar-refractivity contribution in [3.63, 3.8) is 0 Å². The van der Waals surface area contributed by atoms with Crippen LogP contribution in [0.2, 0.25) is 0 Å². The molecule has 2 N–H and O–H groups in total. The van der Waals surface area contributed by atoms with E-state index in [4.69, 9.17) is 29.9 Å². The van der Waals surface area contributed by atoms with Gasteiger partial charge in [-0.3, -0.25) is 0 Å². The molecule has 9 heteroatoms. The Labute approximate surface area is 594 Å². The van der Waals surface area contributed by atoms with Crippen LogP contribution in [0.4, 0.5) is 0 Å². The number of H-pyrrole nitrogens is 2. The molecule has 6 aromatic heterocycles. The van der Waals surface area contributed by atoms with Crippen LogP contribution >= 0.6 is 0 Å². The van der Waals surface area contributed by atoms with Crippen LogP contribution in [0.5, 0.6) is 0 Å². The summed E-state index contributed by atoms with van der Waals surface area (Å²) in [5.41, 5.74) is 30.9. The van der Waals surface area contributed by atoms with Gasteiger partial charge in [0.15, 0.2) is 0 Å². The van der Waals surface area contributed by atoms with Gasteiger partial charge in [-0.2, -0.15) is 0 Å². The molecule has 0 atom stereocenters. The zero-order valence-electron chi connectivity index (χ0n) is 54.5. The van der Waals surface area contributed by atoms with Crippen LogP contribution in [-0.2, 0) is 16.5 Å². The van der Waals surface area contributed by atoms with E-state index < -0.39 is 0 Å². The van der Waals surface area contributed by atoms with Crippen LogP contribution in [0.25, 0.3) is 181 Å². The van der Waals surface area contributed by atoms with Crippen molar-refractivity contribution in [1.82, 2.24) is 39.9 Å². The van der Waals surface area contributed by atoms with Gasteiger partial charge in [-0.25, -0.2) is 19.9 Å². The van der Waals surface area contributed by atoms with Gasteiger partial charge in [0, 0.05) is 55.5 Å². The van der Waals surface area contributed by atoms with E-state index >= 15 is 0 Å². The van der Waals surface area contributed by atoms with Crippen LogP contribution in [0, 0.1) is 0 Å². The second-order valence-corrected chi connectivity index (χ2v) is 25.0. The van der Waals surface area contributed by atoms with Gasteiger partial charge in [0.25, 0.3) is 0 Å². The van der Waals surface area contributed by atoms with E-state index in [-0.39, 0.29) is 16.5 Å². The number of nitrogens with one attached hydrogen (secondary N) is 2. The van der Waals surface area contributed by atoms with Gasteiger partial charge in [-0.1, -0.05) is 291 Å². The van der Waals surface area contributed by atoms with Gasteiger partial charge in [0.05, 0.1) is 45.6 Å². The minimum Gasteiger partial charge on any atom is -0.657 e. The largest absolute Gasteiger partial charge is 2.00 e. The van der Waals surface area contributed by atoms with Crippen molar-refractivity contribution in [3.8, 4) is 89.0 Å². The molecule has 0 amide bonds. The fraction of sp³-hybridized carbons (Fsp3) is 0. The molecule has 0 aliphatic carbocycles. The monoisotopic (exact) mass is 1330 g/mol. The van der Waals surface area contributed by atoms with E-state index in [9.17, 15) is 0 Å². The Balaban J connectivity index is 0.00000760. The van der Waals surface area contributed by atoms with Crippen LogP contribution in [-0.4, -0.2) is 29.9 Å². The Bertz CT molecular complexity index is 5710. The van der Waals surface area contributed by atoms with Gasteiger partial charge in [-0.15, -0.1) is 22.1 Å². The van der Waals surface area contributed by atoms with E-state index in [0.717, 1.165) is 190 Å². The molecule has 0 fully saturated rings. The Morgan fingerprint density at radius 2 is 0.465 bits per heavy atom. The summed E-state index contributed by atoms with van der Waals surface area (Å²) in [5.74, 6) is 0. The first kappa shape index (κ1) is 61.5. The quantitative estimate of drug-likeness (QED) is 0.0986. The minimum atomic E-state index is 0. The van der Waals surface area contributed by atoms with E-state index in [0.29, 0.717) is 0 Å². The SMILES string of the molecule is C1=Cc2nc1c(-c1ccccc1)c1ccc([n-]1)c(-c1ccccc1)c1nc(c(-c3ccccc3)c3ccc([n-]3)c2-c2ccccc2)C(/C=C/C=C\C2=Cc3nc2c(-c2ccccc2)c2ccc([nH]2)c(-c2ccccc2)c2nc(c(-c4ccccc4)c4ccc([nH]4)c3-c3ccccc3)C=C2)=C1.[Ni+2]. The maximum absolute atomic E-state index is 5.84. The molecular formula is C92H60N8Ni. The first-order valence-corrected chi connectivity index (χ1v) is 33.7. The van der Waals surface area contributed by atoms with Gasteiger partial charge >= 0.3 is 16.5 Å². The van der Waals surface area contributed by atoms with Crippen molar-refractivity contribution < 1.29 is 16.5 Å². The number of hydrogen-bond donors (Lipinski definition) is 2. The molecule has 4 aliphatic rings. The molecule has 16 bridgehead atoms. The summed E-state index contributed by atoms with van der Waals surface area (Å²) in [5, 5.41) is 0. The molecule has 0 unspecified atom stereocenters. The summed E-state index contributed by atoms with van der Waals surface area (Å²) < 4.78 is 0. The fourth-order valence-corrected chi connectivity index (χ4v) is 14.3. The van der Waals surface area contributed by atoms with E-state index in [1.165, 1.54) is 0 Å². The molecule has 0 saturated carbocycles. The van der Waals surface area contributed by atoms with Crippen molar-refractivity contribution in [2.24, 2.45) is 0 Å². The van der Waals surface area contributed by atoms with E-state index in [1.54, 1.807) is 0 Å². The number of aromatic nitrogens is 8. The third kappa shape index (κ3) is 11.7. The van der Waals surface area contributed by atoms with Gasteiger partial charge < -0.3 is 19.9 Å². The predicted octanol–water partition coefficient (Wildman–Crippen LogP) is 22.8. The topological polar surface area (TPSA) is 111 Å². The number of fused-ring (bicyclic) bond motifs is 16. The van der Waals surface area contributed by atoms with Crippen LogP contribution < -0.4 is 9.97 Å². The van der Waals surface area contributed by atoms with E-state index in [1.807, 2.05) is 12.1 Å². The van der Waals surface area contributed by atoms with Crippen LogP contribution in [0.1, 0.15) is 45.6 Å². The number of rotatable bonds is 11. The molecule has 0 radical (unpaired) electrons. The first-order chi connectivity index (χ1) is 49.6. The number of nitrogens with zero attached hydrogens (tertiary/aromatic N) is 6. The number of hydrogen-bond acceptors (Lipinski definition) is 4. The minimum absolute atomic E-state index is 0. The van der Waals surface area contributed by atoms with Crippen molar-refractivity contribution in [3.05, 3.63) is 361 Å². The summed E-state index contributed by atoms with van der Waals surface area (Å²) in [4.78, 5) is 41.7. The Morgan fingerprint density at radius 3 is 0.802 bits per heavy atom. The Hall–Kier alpha value is -13.1. The maximum Gasteiger partial charge on any atom is 2.00 e. The summed E-state index contributed by atoms with van der Waals surface area (Å²) in [7, 11) is 0. The zero-order valence-corrected chi connectivity index (χ0v) is 55.5. The molecule has 101 heavy (non-hydrogen) atoms. The number of allylic oxidation sites excluding steroid dienone is 6. The van der Waals surface area contributed by atoms with Crippen molar-refractivity contribution in [2.75, 3.05) is 0 Å². The third-order valence-electron chi connectivity index (χ3n) is 18.8. The molecule has 18 rings (SSSR count). The predicted molar refractivity (Wildman–Crippen MR) is 415 cm³/mol. The van der Waals surface area contributed by atoms with Crippen molar-refractivity contribution in [1.29, 1.82) is 0 Å². The standard InChI is InChI=1S/C92H60N8.Ni/c1-9-27-59(28-10-1)83-69-45-47-71(93-69)85(61-31-13-3-14-32-61)75-53-55-79(97-75)89(65-39-21-7-22-40-65)91-67(57-81(99-91)87(63-35-17-5-18-36-63)77-51-49-73(83)95-77)43-25-26-44-68-58-82-88(64-37-19-6-20-38-64)78-52-50-74(96-78)84(60-29-11-2-12-30-60)70-46-48-72(94-70)86(62-33-15-4-16-34-62)76-54-56-80(98-76)90(92(68)100-82)66-41-23-8-24-42-66;/h1-58,95,97H;/q-2;+2/b43-25-,44-26+,83-69?,83-73?,84-70?,84-74?,85-71?,85-75?,86-72?,86-76?,87-77?,87-81?,88-78?,88-82?,89-79?,90-80?,91-89?,92-90?;. The Kier molecular flexibility index (Phi) is 16.3. The Morgan fingerprint density at radius 1 is 0.228 bits per heavy atom. The summed E-state index contributed by atoms with van der Waals surface area (Å²) in [6.45, 7) is 0. The summed E-state index contributed by atoms with van der Waals surface area (Å²) in [6, 6.07) is 101. The van der Waals surface area contributed by atoms with Gasteiger partial charge in [0.2, 0.25) is 0 Å². The van der Waals surface area contributed by atoms with Crippen molar-refractivity contribution >= 4 is 91.7 Å². The van der Waals surface area contributed by atoms with E-state index in [2.05, 4.69) is 350 Å². The maximum atomic E-state index is 5.84. The fourth-order valence-electron chi connectivity index (χ4n) is 14.3. The molecule has 10 heterocycles. The molecule has 8 aromatic carbocycles.